The van der Waals surface area contributed by atoms with Crippen LogP contribution in [0.5, 0.6) is 0 Å². The quantitative estimate of drug-likeness (QED) is 0.0442. The molecule has 1 aliphatic heterocycles. The fraction of sp³-hybridized carbons (Fsp3) is 0.511. The number of nitrogens with two attached hydrogens (primary N) is 1. The number of likely N-dealkylation sites (tertiary alicyclic amines) is 1. The number of amides is 8. The van der Waals surface area contributed by atoms with Crippen molar-refractivity contribution in [3.63, 3.8) is 0 Å². The van der Waals surface area contributed by atoms with Crippen molar-refractivity contribution >= 4 is 59.2 Å². The van der Waals surface area contributed by atoms with Crippen LogP contribution in [0, 0.1) is 5.92 Å². The number of aliphatic carboxylic acids is 2. The molecule has 0 spiro atoms. The topological polar surface area (TPSA) is 365 Å². The van der Waals surface area contributed by atoms with Gasteiger partial charge in [0.05, 0.1) is 31.7 Å². The van der Waals surface area contributed by atoms with E-state index in [0.717, 1.165) is 6.92 Å². The van der Waals surface area contributed by atoms with Crippen molar-refractivity contribution in [1.82, 2.24) is 42.1 Å². The lowest BCUT2D eigenvalue weighted by Gasteiger charge is -2.30. The Kier molecular flexibility index (Phi) is 22.0. The van der Waals surface area contributed by atoms with Crippen LogP contribution in [0.4, 0.5) is 0 Å². The summed E-state index contributed by atoms with van der Waals surface area (Å²) in [6, 6.07) is 5.71. The number of carboxylic acids is 2. The molecular formula is C45H63N9O14. The first kappa shape index (κ1) is 55.3. The third kappa shape index (κ3) is 17.7. The second-order valence-electron chi connectivity index (χ2n) is 16.9. The Bertz CT molecular complexity index is 2090. The molecule has 8 amide bonds. The Balaban J connectivity index is 1.69. The Morgan fingerprint density at radius 1 is 0.676 bits per heavy atom. The van der Waals surface area contributed by atoms with E-state index in [-0.39, 0.29) is 31.7 Å². The van der Waals surface area contributed by atoms with Crippen LogP contribution in [0.15, 0.2) is 60.7 Å². The summed E-state index contributed by atoms with van der Waals surface area (Å²) in [6.45, 7) is 4.56. The number of hydrogen-bond donors (Lipinski definition) is 12. The molecule has 1 heterocycles. The highest BCUT2D eigenvalue weighted by atomic mass is 16.4. The lowest BCUT2D eigenvalue weighted by atomic mass is 10.0. The summed E-state index contributed by atoms with van der Waals surface area (Å²) in [7, 11) is 0. The van der Waals surface area contributed by atoms with E-state index in [2.05, 4.69) is 37.2 Å². The van der Waals surface area contributed by atoms with E-state index in [1.54, 1.807) is 60.7 Å². The molecular weight excluding hydrogens is 891 g/mol. The minimum atomic E-state index is -1.76. The lowest BCUT2D eigenvalue weighted by Crippen LogP contribution is -2.60. The van der Waals surface area contributed by atoms with E-state index < -0.39 is 133 Å². The molecule has 9 atom stereocenters. The summed E-state index contributed by atoms with van der Waals surface area (Å²) in [6.07, 6.45) is -1.89. The first-order valence-corrected chi connectivity index (χ1v) is 22.1. The monoisotopic (exact) mass is 953 g/mol. The Morgan fingerprint density at radius 2 is 1.22 bits per heavy atom. The number of hydrogen-bond acceptors (Lipinski definition) is 13. The van der Waals surface area contributed by atoms with E-state index in [9.17, 15) is 68.4 Å². The summed E-state index contributed by atoms with van der Waals surface area (Å²) < 4.78 is 0. The molecule has 23 heteroatoms. The molecule has 0 bridgehead atoms. The molecule has 68 heavy (non-hydrogen) atoms. The third-order valence-corrected chi connectivity index (χ3v) is 10.8. The summed E-state index contributed by atoms with van der Waals surface area (Å²) in [5.74, 6) is -10.0. The maximum Gasteiger partial charge on any atom is 0.328 e. The molecule has 1 fully saturated rings. The summed E-state index contributed by atoms with van der Waals surface area (Å²) in [5, 5.41) is 55.5. The molecule has 0 aliphatic carbocycles. The number of nitrogens with one attached hydrogen (secondary N) is 7. The van der Waals surface area contributed by atoms with Gasteiger partial charge in [-0.25, -0.2) is 4.79 Å². The van der Waals surface area contributed by atoms with Crippen molar-refractivity contribution in [2.24, 2.45) is 11.7 Å². The first-order valence-electron chi connectivity index (χ1n) is 22.1. The van der Waals surface area contributed by atoms with Crippen LogP contribution in [0.3, 0.4) is 0 Å². The van der Waals surface area contributed by atoms with Gasteiger partial charge in [0, 0.05) is 19.4 Å². The van der Waals surface area contributed by atoms with Crippen molar-refractivity contribution in [2.75, 3.05) is 19.7 Å². The minimum Gasteiger partial charge on any atom is -0.481 e. The number of carbonyl (C=O) groups excluding carboxylic acids is 8. The van der Waals surface area contributed by atoms with E-state index in [0.29, 0.717) is 24.0 Å². The van der Waals surface area contributed by atoms with Crippen LogP contribution >= 0.6 is 0 Å². The molecule has 372 valence electrons. The van der Waals surface area contributed by atoms with Crippen molar-refractivity contribution in [1.29, 1.82) is 0 Å². The fourth-order valence-corrected chi connectivity index (χ4v) is 7.21. The number of carboxylic acid groups (broad SMARTS) is 2. The minimum absolute atomic E-state index is 0.0330. The molecule has 1 aliphatic rings. The summed E-state index contributed by atoms with van der Waals surface area (Å²) in [4.78, 5) is 131. The Hall–Kier alpha value is -6.98. The second kappa shape index (κ2) is 27.0. The van der Waals surface area contributed by atoms with Crippen molar-refractivity contribution in [3.8, 4) is 0 Å². The normalized spacial score (nSPS) is 16.8. The number of aliphatic hydroxyl groups excluding tert-OH is 2. The van der Waals surface area contributed by atoms with Crippen molar-refractivity contribution in [3.05, 3.63) is 71.8 Å². The van der Waals surface area contributed by atoms with Gasteiger partial charge in [0.2, 0.25) is 47.3 Å². The van der Waals surface area contributed by atoms with Gasteiger partial charge in [-0.15, -0.1) is 0 Å². The molecule has 0 aromatic heterocycles. The fourth-order valence-electron chi connectivity index (χ4n) is 7.21. The molecule has 0 radical (unpaired) electrons. The van der Waals surface area contributed by atoms with E-state index in [4.69, 9.17) is 5.73 Å². The first-order chi connectivity index (χ1) is 32.1. The maximum atomic E-state index is 14.2. The highest BCUT2D eigenvalue weighted by Gasteiger charge is 2.40. The van der Waals surface area contributed by atoms with Crippen molar-refractivity contribution < 1.29 is 68.4 Å². The van der Waals surface area contributed by atoms with E-state index >= 15 is 0 Å². The van der Waals surface area contributed by atoms with E-state index in [1.807, 2.05) is 13.8 Å². The van der Waals surface area contributed by atoms with Crippen LogP contribution in [0.1, 0.15) is 64.5 Å². The average molecular weight is 954 g/mol. The average Bonchev–Trinajstić information content (AvgIpc) is 3.78. The van der Waals surface area contributed by atoms with Gasteiger partial charge < -0.3 is 68.3 Å². The predicted molar refractivity (Wildman–Crippen MR) is 241 cm³/mol. The molecule has 23 nitrogen and oxygen atoms in total. The zero-order valence-corrected chi connectivity index (χ0v) is 38.3. The standard InChI is InChI=1S/C45H63N9O14/c1-24(2)18-29(46)39(61)52-33(23-55)42(64)51-32(20-28-14-9-6-10-15-28)44(66)54-17-11-16-34(54)43(65)50-31(21-36(58)59)40(62)48-25(3)38(60)47-22-35(57)49-30(19-27-12-7-5-8-13-27)41(63)53-37(26(4)56)45(67)68/h5-10,12-15,24-26,29-34,37,55-56H,11,16-23,46H2,1-4H3,(H,47,60)(H,48,62)(H,49,57)(H,50,65)(H,51,64)(H,52,61)(H,53,63)(H,58,59)(H,67,68)/t25-,26+,29-,30-,31-,32-,33-,34-,37-/m0/s1. The van der Waals surface area contributed by atoms with Gasteiger partial charge in [-0.3, -0.25) is 43.2 Å². The number of aliphatic hydroxyl groups is 2. The molecule has 2 aromatic carbocycles. The van der Waals surface area contributed by atoms with Crippen LogP contribution in [0.2, 0.25) is 0 Å². The number of carbonyl (C=O) groups is 10. The maximum absolute atomic E-state index is 14.2. The largest absolute Gasteiger partial charge is 0.481 e. The Labute approximate surface area is 392 Å². The number of rotatable bonds is 26. The van der Waals surface area contributed by atoms with Crippen LogP contribution in [0.25, 0.3) is 0 Å². The van der Waals surface area contributed by atoms with Gasteiger partial charge >= 0.3 is 11.9 Å². The van der Waals surface area contributed by atoms with Crippen LogP contribution in [-0.2, 0) is 60.8 Å². The van der Waals surface area contributed by atoms with Crippen molar-refractivity contribution in [2.45, 2.75) is 121 Å². The molecule has 3 rings (SSSR count). The molecule has 13 N–H and O–H groups in total. The zero-order valence-electron chi connectivity index (χ0n) is 38.3. The lowest BCUT2D eigenvalue weighted by molar-refractivity contribution is -0.145. The van der Waals surface area contributed by atoms with Crippen LogP contribution < -0.4 is 43.0 Å². The number of nitrogens with zero attached hydrogens (tertiary/aromatic N) is 1. The van der Waals surface area contributed by atoms with Crippen LogP contribution in [-0.4, -0.2) is 159 Å². The second-order valence-corrected chi connectivity index (χ2v) is 16.9. The molecule has 0 saturated carbocycles. The molecule has 2 aromatic rings. The highest BCUT2D eigenvalue weighted by molar-refractivity contribution is 5.98. The number of benzene rings is 2. The van der Waals surface area contributed by atoms with Gasteiger partial charge in [-0.1, -0.05) is 74.5 Å². The van der Waals surface area contributed by atoms with Gasteiger partial charge in [0.25, 0.3) is 0 Å². The summed E-state index contributed by atoms with van der Waals surface area (Å²) in [5.41, 5.74) is 7.16. The van der Waals surface area contributed by atoms with Gasteiger partial charge in [0.15, 0.2) is 6.04 Å². The highest BCUT2D eigenvalue weighted by Crippen LogP contribution is 2.21. The molecule has 1 saturated heterocycles. The zero-order chi connectivity index (χ0) is 50.7. The third-order valence-electron chi connectivity index (χ3n) is 10.8. The SMILES string of the molecule is CC(C)C[C@H](N)C(=O)N[C@@H](CO)C(=O)N[C@@H](Cc1ccccc1)C(=O)N1CCC[C@H]1C(=O)N[C@@H](CC(=O)O)C(=O)N[C@@H](C)C(=O)NCC(=O)N[C@@H](Cc1ccccc1)C(=O)N[C@H](C(=O)O)[C@@H](C)O. The van der Waals surface area contributed by atoms with E-state index in [1.165, 1.54) is 11.8 Å². The Morgan fingerprint density at radius 3 is 1.75 bits per heavy atom. The smallest absolute Gasteiger partial charge is 0.328 e. The molecule has 0 unspecified atom stereocenters. The van der Waals surface area contributed by atoms with Gasteiger partial charge in [-0.2, -0.15) is 0 Å². The predicted octanol–water partition coefficient (Wildman–Crippen LogP) is -3.19. The summed E-state index contributed by atoms with van der Waals surface area (Å²) >= 11 is 0. The van der Waals surface area contributed by atoms with Gasteiger partial charge in [-0.05, 0) is 50.2 Å². The van der Waals surface area contributed by atoms with Gasteiger partial charge in [0.1, 0.15) is 36.3 Å².